The van der Waals surface area contributed by atoms with Crippen LogP contribution in [0, 0.1) is 0 Å². The van der Waals surface area contributed by atoms with Gasteiger partial charge in [-0.1, -0.05) is 0 Å². The first kappa shape index (κ1) is 39.9. The maximum atomic E-state index is 8.33. The van der Waals surface area contributed by atoms with Gasteiger partial charge in [-0.2, -0.15) is 0 Å². The SMILES string of the molecule is O.O.O=C([O-])[O-].[Li+].[Li+]. The molecule has 7 heteroatoms. The summed E-state index contributed by atoms with van der Waals surface area (Å²) in [5.74, 6) is 0. The molecule has 40 valence electrons. The van der Waals surface area contributed by atoms with Crippen molar-refractivity contribution in [1.29, 1.82) is 0 Å². The van der Waals surface area contributed by atoms with E-state index < -0.39 is 6.16 Å². The van der Waals surface area contributed by atoms with Crippen LogP contribution in [0.1, 0.15) is 0 Å². The Labute approximate surface area is 70.0 Å². The van der Waals surface area contributed by atoms with E-state index in [4.69, 9.17) is 15.0 Å². The molecule has 0 aliphatic carbocycles. The van der Waals surface area contributed by atoms with Gasteiger partial charge in [-0.15, -0.1) is 0 Å². The van der Waals surface area contributed by atoms with E-state index in [2.05, 4.69) is 0 Å². The van der Waals surface area contributed by atoms with Crippen LogP contribution in [0.3, 0.4) is 0 Å². The third-order valence-electron chi connectivity index (χ3n) is 0. The van der Waals surface area contributed by atoms with Gasteiger partial charge in [0, 0.05) is 0 Å². The third-order valence-corrected chi connectivity index (χ3v) is 0. The molecule has 0 atom stereocenters. The number of carbonyl (C=O) groups is 1. The smallest absolute Gasteiger partial charge is 0.652 e. The number of rotatable bonds is 0. The molecule has 0 amide bonds. The Morgan fingerprint density at radius 1 is 1.00 bits per heavy atom. The first-order chi connectivity index (χ1) is 1.73. The Kier molecular flexibility index (Phi) is 131. The minimum atomic E-state index is -2.33. The summed E-state index contributed by atoms with van der Waals surface area (Å²) in [6, 6.07) is 0. The summed E-state index contributed by atoms with van der Waals surface area (Å²) in [6.07, 6.45) is -2.33. The largest absolute Gasteiger partial charge is 1.00 e. The fourth-order valence-electron chi connectivity index (χ4n) is 0. The third kappa shape index (κ3) is 1250. The van der Waals surface area contributed by atoms with Crippen LogP contribution < -0.4 is 47.9 Å². The second kappa shape index (κ2) is 26.3. The Hall–Kier alpha value is 0.385. The second-order valence-electron chi connectivity index (χ2n) is 0.250. The van der Waals surface area contributed by atoms with Crippen molar-refractivity contribution in [3.63, 3.8) is 0 Å². The number of hydrogen-bond acceptors (Lipinski definition) is 3. The van der Waals surface area contributed by atoms with E-state index in [-0.39, 0.29) is 48.7 Å². The normalized spacial score (nSPS) is 3.00. The predicted octanol–water partition coefficient (Wildman–Crippen LogP) is -10.1. The fraction of sp³-hybridized carbons (Fsp3) is 0. The average Bonchev–Trinajstić information content (AvgIpc) is 0.811. The van der Waals surface area contributed by atoms with Gasteiger partial charge in [-0.3, -0.25) is 0 Å². The quantitative estimate of drug-likeness (QED) is 0.287. The number of carboxylic acid groups (broad SMARTS) is 2. The molecule has 0 heterocycles. The molecule has 0 aromatic rings. The van der Waals surface area contributed by atoms with E-state index in [0.717, 1.165) is 0 Å². The maximum Gasteiger partial charge on any atom is 1.00 e. The molecule has 5 nitrogen and oxygen atoms in total. The standard InChI is InChI=1S/CH2O3.2Li.2H2O/c2-1(3)4;;;;/h(H2,2,3,4);;;2*1H2/q;2*+1;;/p-2. The van der Waals surface area contributed by atoms with Crippen molar-refractivity contribution in [2.75, 3.05) is 0 Å². The van der Waals surface area contributed by atoms with Crippen LogP contribution >= 0.6 is 0 Å². The maximum absolute atomic E-state index is 8.33. The van der Waals surface area contributed by atoms with Gasteiger partial charge in [-0.05, 0) is 6.16 Å². The zero-order chi connectivity index (χ0) is 3.58. The van der Waals surface area contributed by atoms with Crippen LogP contribution in [-0.2, 0) is 0 Å². The van der Waals surface area contributed by atoms with E-state index >= 15 is 0 Å². The molecule has 0 rings (SSSR count). The molecule has 0 saturated carbocycles. The van der Waals surface area contributed by atoms with Gasteiger partial charge in [0.05, 0.1) is 0 Å². The molecule has 0 fully saturated rings. The Morgan fingerprint density at radius 3 is 1.00 bits per heavy atom. The Bertz CT molecular complexity index is 33.4. The van der Waals surface area contributed by atoms with Gasteiger partial charge >= 0.3 is 37.7 Å². The van der Waals surface area contributed by atoms with Gasteiger partial charge in [-0.25, -0.2) is 0 Å². The first-order valence-electron chi connectivity index (χ1n) is 0.612. The molecule has 0 aliphatic rings. The van der Waals surface area contributed by atoms with Gasteiger partial charge in [0.15, 0.2) is 0 Å². The molecule has 0 spiro atoms. The molecule has 0 aliphatic heterocycles. The minimum Gasteiger partial charge on any atom is -0.652 e. The molecule has 0 radical (unpaired) electrons. The summed E-state index contributed by atoms with van der Waals surface area (Å²) in [7, 11) is 0. The average molecular weight is 110 g/mol. The van der Waals surface area contributed by atoms with Crippen molar-refractivity contribution < 1.29 is 63.7 Å². The van der Waals surface area contributed by atoms with Gasteiger partial charge < -0.3 is 26.0 Å². The van der Waals surface area contributed by atoms with Crippen LogP contribution in [0.4, 0.5) is 4.79 Å². The Balaban J connectivity index is -0.00000000750. The Morgan fingerprint density at radius 2 is 1.00 bits per heavy atom. The van der Waals surface area contributed by atoms with E-state index in [1.54, 1.807) is 0 Å². The molecular formula is CH4Li2O5. The molecule has 4 N–H and O–H groups in total. The van der Waals surface area contributed by atoms with Gasteiger partial charge in [0.1, 0.15) is 0 Å². The van der Waals surface area contributed by atoms with Crippen molar-refractivity contribution in [1.82, 2.24) is 0 Å². The van der Waals surface area contributed by atoms with E-state index in [9.17, 15) is 0 Å². The zero-order valence-electron chi connectivity index (χ0n) is 4.72. The monoisotopic (exact) mass is 110 g/mol. The topological polar surface area (TPSA) is 126 Å². The summed E-state index contributed by atoms with van der Waals surface area (Å²) in [4.78, 5) is 8.33. The van der Waals surface area contributed by atoms with Crippen LogP contribution in [0.15, 0.2) is 0 Å². The first-order valence-corrected chi connectivity index (χ1v) is 0.612. The summed E-state index contributed by atoms with van der Waals surface area (Å²) in [5.41, 5.74) is 0. The molecule has 8 heavy (non-hydrogen) atoms. The second-order valence-corrected chi connectivity index (χ2v) is 0.250. The molecule has 0 unspecified atom stereocenters. The van der Waals surface area contributed by atoms with E-state index in [0.29, 0.717) is 0 Å². The predicted molar refractivity (Wildman–Crippen MR) is 12.6 cm³/mol. The number of carbonyl (C=O) groups excluding carboxylic acids is 1. The number of hydrogen-bond donors (Lipinski definition) is 0. The van der Waals surface area contributed by atoms with Gasteiger partial charge in [0.2, 0.25) is 0 Å². The molecule has 0 bridgehead atoms. The van der Waals surface area contributed by atoms with Crippen molar-refractivity contribution in [2.24, 2.45) is 0 Å². The van der Waals surface area contributed by atoms with E-state index in [1.807, 2.05) is 0 Å². The van der Waals surface area contributed by atoms with Crippen molar-refractivity contribution in [3.05, 3.63) is 0 Å². The fourth-order valence-corrected chi connectivity index (χ4v) is 0. The van der Waals surface area contributed by atoms with Crippen molar-refractivity contribution in [2.45, 2.75) is 0 Å². The summed E-state index contributed by atoms with van der Waals surface area (Å²) < 4.78 is 0. The van der Waals surface area contributed by atoms with Gasteiger partial charge in [0.25, 0.3) is 0 Å². The summed E-state index contributed by atoms with van der Waals surface area (Å²) in [6.45, 7) is 0. The van der Waals surface area contributed by atoms with E-state index in [1.165, 1.54) is 0 Å². The zero-order valence-corrected chi connectivity index (χ0v) is 4.72. The van der Waals surface area contributed by atoms with Crippen LogP contribution in [0.25, 0.3) is 0 Å². The van der Waals surface area contributed by atoms with Crippen LogP contribution in [0.5, 0.6) is 0 Å². The molecular weight excluding hydrogens is 106 g/mol. The summed E-state index contributed by atoms with van der Waals surface area (Å²) >= 11 is 0. The minimum absolute atomic E-state index is 0. The molecule has 0 aromatic heterocycles. The molecule has 0 saturated heterocycles. The summed E-state index contributed by atoms with van der Waals surface area (Å²) in [5, 5.41) is 16.7. The van der Waals surface area contributed by atoms with Crippen molar-refractivity contribution in [3.8, 4) is 0 Å². The van der Waals surface area contributed by atoms with Crippen molar-refractivity contribution >= 4 is 6.16 Å². The van der Waals surface area contributed by atoms with Crippen LogP contribution in [-0.4, -0.2) is 17.1 Å². The molecule has 0 aromatic carbocycles. The van der Waals surface area contributed by atoms with Crippen LogP contribution in [0.2, 0.25) is 0 Å².